The molecule has 0 amide bonds. The van der Waals surface area contributed by atoms with Crippen molar-refractivity contribution in [1.82, 2.24) is 0 Å². The van der Waals surface area contributed by atoms with E-state index in [0.29, 0.717) is 27.7 Å². The molecule has 6 rings (SSSR count). The normalized spacial score (nSPS) is 12.9. The van der Waals surface area contributed by atoms with Gasteiger partial charge in [0.15, 0.2) is 0 Å². The van der Waals surface area contributed by atoms with E-state index in [0.717, 1.165) is 26.9 Å². The van der Waals surface area contributed by atoms with Crippen molar-refractivity contribution < 1.29 is 30.2 Å². The summed E-state index contributed by atoms with van der Waals surface area (Å²) in [5, 5.41) is 4.64. The number of hydrogen-bond donors (Lipinski definition) is 0. The van der Waals surface area contributed by atoms with Crippen molar-refractivity contribution >= 4 is 53.6 Å². The molecule has 0 aliphatic heterocycles. The third-order valence-corrected chi connectivity index (χ3v) is 6.75. The van der Waals surface area contributed by atoms with Crippen molar-refractivity contribution in [3.63, 3.8) is 0 Å². The highest BCUT2D eigenvalue weighted by molar-refractivity contribution is 7.88. The molecule has 0 bridgehead atoms. The summed E-state index contributed by atoms with van der Waals surface area (Å²) in [4.78, 5) is 0. The highest BCUT2D eigenvalue weighted by Crippen LogP contribution is 2.46. The summed E-state index contributed by atoms with van der Waals surface area (Å²) in [5.74, 6) is -0.416. The van der Waals surface area contributed by atoms with Gasteiger partial charge in [0.25, 0.3) is 0 Å². The smallest absolute Gasteiger partial charge is 0.456 e. The zero-order chi connectivity index (χ0) is 23.0. The summed E-state index contributed by atoms with van der Waals surface area (Å²) >= 11 is 0. The lowest BCUT2D eigenvalue weighted by atomic mass is 9.89. The Morgan fingerprint density at radius 2 is 1.33 bits per heavy atom. The summed E-state index contributed by atoms with van der Waals surface area (Å²) in [7, 11) is -5.84. The molecule has 33 heavy (non-hydrogen) atoms. The minimum atomic E-state index is -5.84. The van der Waals surface area contributed by atoms with Crippen LogP contribution in [-0.2, 0) is 10.1 Å². The van der Waals surface area contributed by atoms with E-state index in [1.807, 2.05) is 48.5 Å². The van der Waals surface area contributed by atoms with Gasteiger partial charge in [-0.05, 0) is 56.9 Å². The fraction of sp³-hybridized carbons (Fsp3) is 0.0400. The molecule has 6 aromatic rings. The second-order valence-electron chi connectivity index (χ2n) is 7.70. The number of halogens is 3. The molecule has 0 unspecified atom stereocenters. The van der Waals surface area contributed by atoms with Gasteiger partial charge < -0.3 is 8.60 Å². The van der Waals surface area contributed by atoms with Crippen molar-refractivity contribution in [2.24, 2.45) is 0 Å². The maximum absolute atomic E-state index is 13.0. The zero-order valence-corrected chi connectivity index (χ0v) is 17.5. The third-order valence-electron chi connectivity index (χ3n) is 5.77. The van der Waals surface area contributed by atoms with E-state index in [4.69, 9.17) is 4.42 Å². The highest BCUT2D eigenvalue weighted by atomic mass is 32.2. The van der Waals surface area contributed by atoms with Crippen LogP contribution in [0.1, 0.15) is 0 Å². The molecule has 164 valence electrons. The van der Waals surface area contributed by atoms with E-state index >= 15 is 0 Å². The Kier molecular flexibility index (Phi) is 3.98. The van der Waals surface area contributed by atoms with E-state index < -0.39 is 21.4 Å². The molecule has 1 aromatic heterocycles. The average molecular weight is 466 g/mol. The number of fused-ring (bicyclic) bond motifs is 3. The van der Waals surface area contributed by atoms with Gasteiger partial charge in [0.1, 0.15) is 16.9 Å². The molecule has 0 radical (unpaired) electrons. The number of hydrogen-bond acceptors (Lipinski definition) is 4. The topological polar surface area (TPSA) is 56.5 Å². The lowest BCUT2D eigenvalue weighted by molar-refractivity contribution is -0.0500. The predicted molar refractivity (Wildman–Crippen MR) is 121 cm³/mol. The number of rotatable bonds is 3. The van der Waals surface area contributed by atoms with Crippen LogP contribution in [-0.4, -0.2) is 13.9 Å². The molecule has 8 heteroatoms. The molecule has 0 aliphatic carbocycles. The largest absolute Gasteiger partial charge is 0.534 e. The number of alkyl halides is 3. The Morgan fingerprint density at radius 1 is 0.697 bits per heavy atom. The standard InChI is InChI=1S/C25H13F3O4S/c26-25(27,28)33(29,30)32-15-12-18(14-6-2-1-3-7-14)22-17-9-5-11-21-24(17)23-16(19(22)13-15)8-4-10-20(23)31-21/h1-13H. The number of furan rings is 1. The summed E-state index contributed by atoms with van der Waals surface area (Å²) in [5.41, 5.74) is -2.95. The summed E-state index contributed by atoms with van der Waals surface area (Å²) in [6.45, 7) is 0. The van der Waals surface area contributed by atoms with Crippen molar-refractivity contribution in [3.05, 3.63) is 78.9 Å². The number of benzene rings is 5. The molecule has 0 saturated carbocycles. The highest BCUT2D eigenvalue weighted by Gasteiger charge is 2.48. The fourth-order valence-electron chi connectivity index (χ4n) is 4.48. The Balaban J connectivity index is 1.80. The maximum Gasteiger partial charge on any atom is 0.534 e. The molecule has 0 aliphatic rings. The first-order valence-corrected chi connectivity index (χ1v) is 11.3. The molecule has 0 spiro atoms. The molecule has 0 N–H and O–H groups in total. The zero-order valence-electron chi connectivity index (χ0n) is 16.7. The van der Waals surface area contributed by atoms with Crippen LogP contribution in [0.5, 0.6) is 5.75 Å². The van der Waals surface area contributed by atoms with Gasteiger partial charge in [-0.25, -0.2) is 0 Å². The second kappa shape index (κ2) is 6.62. The summed E-state index contributed by atoms with van der Waals surface area (Å²) < 4.78 is 73.3. The molecule has 5 aromatic carbocycles. The van der Waals surface area contributed by atoms with Crippen LogP contribution in [0.15, 0.2) is 83.3 Å². The second-order valence-corrected chi connectivity index (χ2v) is 9.24. The van der Waals surface area contributed by atoms with Gasteiger partial charge in [-0.1, -0.05) is 54.6 Å². The summed E-state index contributed by atoms with van der Waals surface area (Å²) in [6, 6.07) is 22.8. The van der Waals surface area contributed by atoms with Crippen molar-refractivity contribution in [1.29, 1.82) is 0 Å². The molecule has 4 nitrogen and oxygen atoms in total. The van der Waals surface area contributed by atoms with Crippen LogP contribution >= 0.6 is 0 Å². The molecule has 1 heterocycles. The SMILES string of the molecule is O=S(=O)(Oc1cc(-c2ccccc2)c2c(c1)c1cccc3oc4cccc2c4c31)C(F)(F)F. The quantitative estimate of drug-likeness (QED) is 0.157. The van der Waals surface area contributed by atoms with Crippen LogP contribution in [0.4, 0.5) is 13.2 Å². The monoisotopic (exact) mass is 466 g/mol. The summed E-state index contributed by atoms with van der Waals surface area (Å²) in [6.07, 6.45) is 0. The van der Waals surface area contributed by atoms with Crippen molar-refractivity contribution in [3.8, 4) is 16.9 Å². The average Bonchev–Trinajstić information content (AvgIpc) is 3.17. The molecule has 0 saturated heterocycles. The first-order chi connectivity index (χ1) is 15.7. The molecular weight excluding hydrogens is 453 g/mol. The first kappa shape index (κ1) is 19.9. The van der Waals surface area contributed by atoms with Gasteiger partial charge in [0.2, 0.25) is 0 Å². The Morgan fingerprint density at radius 3 is 2.00 bits per heavy atom. The van der Waals surface area contributed by atoms with Crippen molar-refractivity contribution in [2.75, 3.05) is 0 Å². The van der Waals surface area contributed by atoms with Crippen LogP contribution in [0.2, 0.25) is 0 Å². The molecular formula is C25H13F3O4S. The van der Waals surface area contributed by atoms with Gasteiger partial charge in [0, 0.05) is 10.8 Å². The van der Waals surface area contributed by atoms with E-state index in [9.17, 15) is 21.6 Å². The van der Waals surface area contributed by atoms with Crippen LogP contribution < -0.4 is 4.18 Å². The van der Waals surface area contributed by atoms with Gasteiger partial charge in [-0.2, -0.15) is 21.6 Å². The van der Waals surface area contributed by atoms with E-state index in [2.05, 4.69) is 4.18 Å². The van der Waals surface area contributed by atoms with Gasteiger partial charge in [-0.3, -0.25) is 0 Å². The lowest BCUT2D eigenvalue weighted by Crippen LogP contribution is -2.28. The van der Waals surface area contributed by atoms with E-state index in [1.165, 1.54) is 12.1 Å². The van der Waals surface area contributed by atoms with Gasteiger partial charge in [-0.15, -0.1) is 0 Å². The van der Waals surface area contributed by atoms with Gasteiger partial charge in [0.05, 0.1) is 0 Å². The van der Waals surface area contributed by atoms with Crippen molar-refractivity contribution in [2.45, 2.75) is 5.51 Å². The fourth-order valence-corrected chi connectivity index (χ4v) is 4.93. The Bertz CT molecular complexity index is 1790. The Hall–Kier alpha value is -3.78. The van der Waals surface area contributed by atoms with Gasteiger partial charge >= 0.3 is 15.6 Å². The lowest BCUT2D eigenvalue weighted by Gasteiger charge is -2.16. The first-order valence-electron chi connectivity index (χ1n) is 9.94. The van der Waals surface area contributed by atoms with E-state index in [1.54, 1.807) is 18.2 Å². The predicted octanol–water partition coefficient (Wildman–Crippen LogP) is 7.23. The molecule has 0 fully saturated rings. The third kappa shape index (κ3) is 2.87. The van der Waals surface area contributed by atoms with Crippen LogP contribution in [0, 0.1) is 0 Å². The minimum absolute atomic E-state index is 0.416. The minimum Gasteiger partial charge on any atom is -0.456 e. The maximum atomic E-state index is 13.0. The van der Waals surface area contributed by atoms with Crippen LogP contribution in [0.25, 0.3) is 54.6 Å². The molecule has 0 atom stereocenters. The van der Waals surface area contributed by atoms with E-state index in [-0.39, 0.29) is 0 Å². The van der Waals surface area contributed by atoms with Crippen LogP contribution in [0.3, 0.4) is 0 Å². The Labute approximate surface area is 185 Å².